The molecule has 0 radical (unpaired) electrons. The van der Waals surface area contributed by atoms with Gasteiger partial charge in [0.2, 0.25) is 0 Å². The highest BCUT2D eigenvalue weighted by Gasteiger charge is 2.06. The molecule has 2 N–H and O–H groups in total. The van der Waals surface area contributed by atoms with Gasteiger partial charge in [0.15, 0.2) is 0 Å². The van der Waals surface area contributed by atoms with Crippen molar-refractivity contribution in [2.75, 3.05) is 24.7 Å². The third-order valence-corrected chi connectivity index (χ3v) is 3.17. The van der Waals surface area contributed by atoms with Gasteiger partial charge in [-0.3, -0.25) is 4.21 Å². The van der Waals surface area contributed by atoms with Crippen LogP contribution in [0.25, 0.3) is 0 Å². The van der Waals surface area contributed by atoms with Crippen molar-refractivity contribution in [3.05, 3.63) is 24.0 Å². The van der Waals surface area contributed by atoms with Gasteiger partial charge in [-0.1, -0.05) is 0 Å². The minimum absolute atomic E-state index is 0.0700. The van der Waals surface area contributed by atoms with Crippen molar-refractivity contribution in [1.29, 1.82) is 0 Å². The van der Waals surface area contributed by atoms with E-state index in [2.05, 4.69) is 0 Å². The zero-order chi connectivity index (χ0) is 11.3. The lowest BCUT2D eigenvalue weighted by Crippen LogP contribution is -2.06. The van der Waals surface area contributed by atoms with Crippen molar-refractivity contribution in [1.82, 2.24) is 0 Å². The van der Waals surface area contributed by atoms with E-state index in [0.717, 1.165) is 0 Å². The molecule has 15 heavy (non-hydrogen) atoms. The van der Waals surface area contributed by atoms with Crippen molar-refractivity contribution < 1.29 is 13.3 Å². The second-order valence-corrected chi connectivity index (χ2v) is 4.50. The Hall–Kier alpha value is -0.940. The molecule has 0 aliphatic carbocycles. The molecule has 0 saturated carbocycles. The fraction of sp³-hybridized carbons (Fsp3) is 0.400. The Kier molecular flexibility index (Phi) is 4.71. The molecule has 0 aromatic heterocycles. The van der Waals surface area contributed by atoms with Crippen LogP contribution >= 0.6 is 0 Å². The highest BCUT2D eigenvalue weighted by molar-refractivity contribution is 7.85. The number of hydrogen-bond donors (Lipinski definition) is 1. The summed E-state index contributed by atoms with van der Waals surface area (Å²) >= 11 is 0. The molecule has 1 unspecified atom stereocenters. The Balaban J connectivity index is 2.62. The van der Waals surface area contributed by atoms with Crippen LogP contribution in [0.15, 0.2) is 23.1 Å². The Morgan fingerprint density at radius 3 is 2.87 bits per heavy atom. The van der Waals surface area contributed by atoms with E-state index in [-0.39, 0.29) is 5.69 Å². The van der Waals surface area contributed by atoms with Crippen LogP contribution in [0, 0.1) is 5.82 Å². The first-order valence-corrected chi connectivity index (χ1v) is 5.98. The summed E-state index contributed by atoms with van der Waals surface area (Å²) in [6.07, 6.45) is 0. The summed E-state index contributed by atoms with van der Waals surface area (Å²) in [5, 5.41) is 0. The summed E-state index contributed by atoms with van der Waals surface area (Å²) in [7, 11) is -1.22. The smallest absolute Gasteiger partial charge is 0.147 e. The highest BCUT2D eigenvalue weighted by Crippen LogP contribution is 2.14. The molecule has 84 valence electrons. The van der Waals surface area contributed by atoms with Crippen LogP contribution < -0.4 is 5.73 Å². The molecule has 1 aromatic rings. The molecule has 5 heteroatoms. The molecule has 0 heterocycles. The number of rotatable bonds is 5. The first-order chi connectivity index (χ1) is 7.15. The molecule has 0 spiro atoms. The number of hydrogen-bond acceptors (Lipinski definition) is 3. The van der Waals surface area contributed by atoms with E-state index in [1.165, 1.54) is 12.1 Å². The zero-order valence-corrected chi connectivity index (χ0v) is 9.35. The molecular weight excluding hydrogens is 217 g/mol. The van der Waals surface area contributed by atoms with Gasteiger partial charge in [0.1, 0.15) is 5.82 Å². The summed E-state index contributed by atoms with van der Waals surface area (Å²) in [5.41, 5.74) is 5.38. The van der Waals surface area contributed by atoms with E-state index in [0.29, 0.717) is 23.9 Å². The third kappa shape index (κ3) is 3.60. The Labute approximate surface area is 90.9 Å². The second-order valence-electron chi connectivity index (χ2n) is 2.93. The summed E-state index contributed by atoms with van der Waals surface area (Å²) in [6.45, 7) is 2.87. The number of benzene rings is 1. The minimum Gasteiger partial charge on any atom is -0.396 e. The van der Waals surface area contributed by atoms with Crippen LogP contribution in [-0.2, 0) is 15.5 Å². The van der Waals surface area contributed by atoms with Gasteiger partial charge in [0.25, 0.3) is 0 Å². The number of ether oxygens (including phenoxy) is 1. The fourth-order valence-corrected chi connectivity index (χ4v) is 2.01. The number of halogens is 1. The molecule has 1 aromatic carbocycles. The predicted octanol–water partition coefficient (Wildman–Crippen LogP) is 1.55. The van der Waals surface area contributed by atoms with Gasteiger partial charge in [0.05, 0.1) is 28.8 Å². The van der Waals surface area contributed by atoms with Crippen LogP contribution in [-0.4, -0.2) is 23.2 Å². The molecule has 0 fully saturated rings. The number of nitrogens with two attached hydrogens (primary N) is 1. The van der Waals surface area contributed by atoms with Crippen molar-refractivity contribution in [3.8, 4) is 0 Å². The van der Waals surface area contributed by atoms with E-state index in [4.69, 9.17) is 10.5 Å². The third-order valence-electron chi connectivity index (χ3n) is 1.85. The largest absolute Gasteiger partial charge is 0.396 e. The first-order valence-electron chi connectivity index (χ1n) is 4.66. The maximum absolute atomic E-state index is 13.0. The van der Waals surface area contributed by atoms with Gasteiger partial charge >= 0.3 is 0 Å². The van der Waals surface area contributed by atoms with Gasteiger partial charge < -0.3 is 10.5 Å². The maximum Gasteiger partial charge on any atom is 0.147 e. The molecular formula is C10H14FNO2S. The summed E-state index contributed by atoms with van der Waals surface area (Å²) in [6, 6.07) is 4.20. The van der Waals surface area contributed by atoms with Gasteiger partial charge in [-0.25, -0.2) is 4.39 Å². The second kappa shape index (κ2) is 5.82. The predicted molar refractivity (Wildman–Crippen MR) is 58.6 cm³/mol. The summed E-state index contributed by atoms with van der Waals surface area (Å²) in [5.74, 6) is -0.158. The molecule has 3 nitrogen and oxygen atoms in total. The molecule has 0 aliphatic rings. The monoisotopic (exact) mass is 231 g/mol. The number of anilines is 1. The lowest BCUT2D eigenvalue weighted by atomic mass is 10.3. The van der Waals surface area contributed by atoms with Crippen molar-refractivity contribution in [2.24, 2.45) is 0 Å². The van der Waals surface area contributed by atoms with Gasteiger partial charge in [0, 0.05) is 11.5 Å². The van der Waals surface area contributed by atoms with Crippen molar-refractivity contribution in [2.45, 2.75) is 11.8 Å². The summed E-state index contributed by atoms with van der Waals surface area (Å²) in [4.78, 5) is 0.446. The molecule has 0 aliphatic heterocycles. The van der Waals surface area contributed by atoms with Gasteiger partial charge in [-0.15, -0.1) is 0 Å². The minimum atomic E-state index is -1.22. The molecule has 0 saturated heterocycles. The van der Waals surface area contributed by atoms with E-state index in [1.54, 1.807) is 6.07 Å². The maximum atomic E-state index is 13.0. The Bertz CT molecular complexity index is 357. The lowest BCUT2D eigenvalue weighted by molar-refractivity contribution is 0.164. The van der Waals surface area contributed by atoms with E-state index in [9.17, 15) is 8.60 Å². The highest BCUT2D eigenvalue weighted by atomic mass is 32.2. The van der Waals surface area contributed by atoms with Crippen molar-refractivity contribution in [3.63, 3.8) is 0 Å². The van der Waals surface area contributed by atoms with Crippen molar-refractivity contribution >= 4 is 16.5 Å². The normalized spacial score (nSPS) is 12.7. The van der Waals surface area contributed by atoms with E-state index in [1.807, 2.05) is 6.92 Å². The van der Waals surface area contributed by atoms with Crippen LogP contribution in [0.1, 0.15) is 6.92 Å². The first kappa shape index (κ1) is 12.1. The van der Waals surface area contributed by atoms with Gasteiger partial charge in [-0.2, -0.15) is 0 Å². The SMILES string of the molecule is CCOCCS(=O)c1ccc(N)c(F)c1. The standard InChI is InChI=1S/C10H14FNO2S/c1-2-14-5-6-15(13)8-3-4-10(12)9(11)7-8/h3-4,7H,2,5-6,12H2,1H3. The average molecular weight is 231 g/mol. The molecule has 1 atom stereocenters. The quantitative estimate of drug-likeness (QED) is 0.618. The molecule has 0 bridgehead atoms. The average Bonchev–Trinajstić information content (AvgIpc) is 2.22. The van der Waals surface area contributed by atoms with Crippen LogP contribution in [0.5, 0.6) is 0 Å². The number of nitrogen functional groups attached to an aromatic ring is 1. The molecule has 1 rings (SSSR count). The summed E-state index contributed by atoms with van der Waals surface area (Å²) < 4.78 is 29.7. The molecule has 0 amide bonds. The van der Waals surface area contributed by atoms with Gasteiger partial charge in [-0.05, 0) is 25.1 Å². The van der Waals surface area contributed by atoms with Crippen LogP contribution in [0.3, 0.4) is 0 Å². The fourth-order valence-electron chi connectivity index (χ4n) is 1.05. The van der Waals surface area contributed by atoms with Crippen LogP contribution in [0.2, 0.25) is 0 Å². The lowest BCUT2D eigenvalue weighted by Gasteiger charge is -2.03. The topological polar surface area (TPSA) is 52.3 Å². The Morgan fingerprint density at radius 2 is 2.27 bits per heavy atom. The van der Waals surface area contributed by atoms with E-state index < -0.39 is 16.6 Å². The van der Waals surface area contributed by atoms with Crippen LogP contribution in [0.4, 0.5) is 10.1 Å². The van der Waals surface area contributed by atoms with E-state index >= 15 is 0 Å². The Morgan fingerprint density at radius 1 is 1.53 bits per heavy atom. The zero-order valence-electron chi connectivity index (χ0n) is 8.53.